The summed E-state index contributed by atoms with van der Waals surface area (Å²) in [4.78, 5) is 0. The smallest absolute Gasteiger partial charge is 0.185 e. The molecule has 4 heteroatoms. The van der Waals surface area contributed by atoms with Crippen LogP contribution in [0.2, 0.25) is 10.0 Å². The lowest BCUT2D eigenvalue weighted by molar-refractivity contribution is -0.469. The van der Waals surface area contributed by atoms with Crippen molar-refractivity contribution >= 4 is 29.4 Å². The average Bonchev–Trinajstić information content (AvgIpc) is 2.35. The first-order valence-corrected chi connectivity index (χ1v) is 6.19. The van der Waals surface area contributed by atoms with Crippen LogP contribution in [0, 0.1) is 5.21 Å². The van der Waals surface area contributed by atoms with E-state index in [0.29, 0.717) is 15.6 Å². The van der Waals surface area contributed by atoms with E-state index in [-0.39, 0.29) is 6.54 Å². The molecule has 0 unspecified atom stereocenters. The normalized spacial score (nSPS) is 11.6. The van der Waals surface area contributed by atoms with Crippen LogP contribution in [0.4, 0.5) is 0 Å². The summed E-state index contributed by atoms with van der Waals surface area (Å²) in [6.45, 7) is 0.266. The minimum atomic E-state index is 0.266. The predicted molar refractivity (Wildman–Crippen MR) is 75.4 cm³/mol. The number of hydrogen-bond acceptors (Lipinski definition) is 1. The highest BCUT2D eigenvalue weighted by atomic mass is 35.5. The molecule has 92 valence electrons. The van der Waals surface area contributed by atoms with Crippen LogP contribution in [-0.4, -0.2) is 11.0 Å². The van der Waals surface area contributed by atoms with Crippen molar-refractivity contribution < 1.29 is 4.74 Å². The lowest BCUT2D eigenvalue weighted by atomic mass is 10.2. The summed E-state index contributed by atoms with van der Waals surface area (Å²) >= 11 is 12.0. The molecule has 2 nitrogen and oxygen atoms in total. The highest BCUT2D eigenvalue weighted by molar-refractivity contribution is 6.38. The fourth-order valence-corrected chi connectivity index (χ4v) is 2.08. The zero-order chi connectivity index (χ0) is 13.0. The van der Waals surface area contributed by atoms with Gasteiger partial charge < -0.3 is 5.21 Å². The Morgan fingerprint density at radius 1 is 0.944 bits per heavy atom. The third-order valence-electron chi connectivity index (χ3n) is 2.45. The van der Waals surface area contributed by atoms with Crippen LogP contribution in [0.25, 0.3) is 0 Å². The summed E-state index contributed by atoms with van der Waals surface area (Å²) in [5.41, 5.74) is 1.48. The first kappa shape index (κ1) is 12.9. The highest BCUT2D eigenvalue weighted by Gasteiger charge is 2.07. The fourth-order valence-electron chi connectivity index (χ4n) is 1.59. The van der Waals surface area contributed by atoms with Gasteiger partial charge in [-0.25, -0.2) is 4.74 Å². The van der Waals surface area contributed by atoms with Crippen LogP contribution in [0.1, 0.15) is 11.1 Å². The molecule has 0 fully saturated rings. The summed E-state index contributed by atoms with van der Waals surface area (Å²) in [5.74, 6) is 0. The van der Waals surface area contributed by atoms with Crippen LogP contribution in [0.3, 0.4) is 0 Å². The zero-order valence-corrected chi connectivity index (χ0v) is 11.0. The molecule has 0 saturated carbocycles. The Morgan fingerprint density at radius 3 is 2.17 bits per heavy atom. The standard InChI is InChI=1S/C14H11Cl2NO/c15-13-7-4-8-14(16)12(13)10-17(18)9-11-5-2-1-3-6-11/h1-8,10H,9H2. The van der Waals surface area contributed by atoms with E-state index in [2.05, 4.69) is 0 Å². The summed E-state index contributed by atoms with van der Waals surface area (Å²) in [6.07, 6.45) is 1.41. The monoisotopic (exact) mass is 279 g/mol. The molecular formula is C14H11Cl2NO. The Labute approximate surface area is 116 Å². The van der Waals surface area contributed by atoms with E-state index in [1.165, 1.54) is 6.21 Å². The number of nitrogens with zero attached hydrogens (tertiary/aromatic N) is 1. The van der Waals surface area contributed by atoms with Gasteiger partial charge in [-0.3, -0.25) is 0 Å². The lowest BCUT2D eigenvalue weighted by Gasteiger charge is -2.05. The van der Waals surface area contributed by atoms with Crippen molar-refractivity contribution in [3.05, 3.63) is 74.9 Å². The number of hydrogen-bond donors (Lipinski definition) is 0. The van der Waals surface area contributed by atoms with Gasteiger partial charge >= 0.3 is 0 Å². The van der Waals surface area contributed by atoms with E-state index >= 15 is 0 Å². The largest absolute Gasteiger partial charge is 0.624 e. The van der Waals surface area contributed by atoms with Crippen molar-refractivity contribution in [2.45, 2.75) is 6.54 Å². The molecule has 0 saturated heterocycles. The molecule has 2 rings (SSSR count). The number of rotatable bonds is 3. The molecule has 0 bridgehead atoms. The molecule has 0 aliphatic heterocycles. The molecule has 0 N–H and O–H groups in total. The molecule has 18 heavy (non-hydrogen) atoms. The number of halogens is 2. The van der Waals surface area contributed by atoms with Gasteiger partial charge in [-0.05, 0) is 12.1 Å². The maximum absolute atomic E-state index is 11.8. The van der Waals surface area contributed by atoms with Crippen LogP contribution >= 0.6 is 23.2 Å². The molecule has 2 aromatic rings. The van der Waals surface area contributed by atoms with Gasteiger partial charge in [0.15, 0.2) is 12.8 Å². The fraction of sp³-hybridized carbons (Fsp3) is 0.0714. The number of benzene rings is 2. The van der Waals surface area contributed by atoms with Gasteiger partial charge in [0.2, 0.25) is 0 Å². The quantitative estimate of drug-likeness (QED) is 0.359. The van der Waals surface area contributed by atoms with Gasteiger partial charge in [-0.2, -0.15) is 0 Å². The topological polar surface area (TPSA) is 26.1 Å². The van der Waals surface area contributed by atoms with E-state index in [1.54, 1.807) is 18.2 Å². The van der Waals surface area contributed by atoms with Gasteiger partial charge in [-0.1, -0.05) is 59.6 Å². The van der Waals surface area contributed by atoms with Crippen LogP contribution < -0.4 is 0 Å². The second kappa shape index (κ2) is 5.89. The van der Waals surface area contributed by atoms with Gasteiger partial charge in [0.1, 0.15) is 0 Å². The van der Waals surface area contributed by atoms with Crippen LogP contribution in [0.15, 0.2) is 48.5 Å². The van der Waals surface area contributed by atoms with Crippen molar-refractivity contribution in [1.82, 2.24) is 0 Å². The molecular weight excluding hydrogens is 269 g/mol. The Bertz CT molecular complexity index is 547. The molecule has 0 spiro atoms. The highest BCUT2D eigenvalue weighted by Crippen LogP contribution is 2.22. The zero-order valence-electron chi connectivity index (χ0n) is 9.51. The Kier molecular flexibility index (Phi) is 4.24. The van der Waals surface area contributed by atoms with E-state index in [1.807, 2.05) is 30.3 Å². The van der Waals surface area contributed by atoms with Crippen molar-refractivity contribution in [2.24, 2.45) is 0 Å². The minimum Gasteiger partial charge on any atom is -0.624 e. The summed E-state index contributed by atoms with van der Waals surface area (Å²) in [6, 6.07) is 14.6. The van der Waals surface area contributed by atoms with Crippen molar-refractivity contribution in [1.29, 1.82) is 0 Å². The Morgan fingerprint density at radius 2 is 1.56 bits per heavy atom. The van der Waals surface area contributed by atoms with E-state index < -0.39 is 0 Å². The first-order chi connectivity index (χ1) is 8.66. The molecule has 0 heterocycles. The maximum Gasteiger partial charge on any atom is 0.185 e. The van der Waals surface area contributed by atoms with Crippen molar-refractivity contribution in [2.75, 3.05) is 0 Å². The summed E-state index contributed by atoms with van der Waals surface area (Å²) in [5, 5.41) is 12.8. The van der Waals surface area contributed by atoms with E-state index in [4.69, 9.17) is 23.2 Å². The minimum absolute atomic E-state index is 0.266. The third kappa shape index (κ3) is 3.25. The predicted octanol–water partition coefficient (Wildman–Crippen LogP) is 4.12. The van der Waals surface area contributed by atoms with E-state index in [0.717, 1.165) is 10.3 Å². The van der Waals surface area contributed by atoms with Crippen molar-refractivity contribution in [3.63, 3.8) is 0 Å². The summed E-state index contributed by atoms with van der Waals surface area (Å²) < 4.78 is 0.822. The summed E-state index contributed by atoms with van der Waals surface area (Å²) in [7, 11) is 0. The molecule has 0 aliphatic carbocycles. The number of hydroxylamine groups is 1. The average molecular weight is 280 g/mol. The lowest BCUT2D eigenvalue weighted by Crippen LogP contribution is -2.06. The molecule has 0 amide bonds. The molecule has 0 atom stereocenters. The van der Waals surface area contributed by atoms with Crippen LogP contribution in [0.5, 0.6) is 0 Å². The molecule has 0 aliphatic rings. The van der Waals surface area contributed by atoms with Gasteiger partial charge in [0.05, 0.1) is 15.6 Å². The Balaban J connectivity index is 2.23. The van der Waals surface area contributed by atoms with Crippen LogP contribution in [-0.2, 0) is 6.54 Å². The maximum atomic E-state index is 11.8. The van der Waals surface area contributed by atoms with E-state index in [9.17, 15) is 5.21 Å². The second-order valence-corrected chi connectivity index (χ2v) is 4.64. The molecule has 0 radical (unpaired) electrons. The molecule has 0 aromatic heterocycles. The SMILES string of the molecule is [O-][N+](=Cc1c(Cl)cccc1Cl)Cc1ccccc1. The Hall–Kier alpha value is -1.51. The first-order valence-electron chi connectivity index (χ1n) is 5.43. The van der Waals surface area contributed by atoms with Gasteiger partial charge in [-0.15, -0.1) is 0 Å². The van der Waals surface area contributed by atoms with Gasteiger partial charge in [0, 0.05) is 5.56 Å². The van der Waals surface area contributed by atoms with Crippen molar-refractivity contribution in [3.8, 4) is 0 Å². The molecule has 2 aromatic carbocycles. The second-order valence-electron chi connectivity index (χ2n) is 3.83. The van der Waals surface area contributed by atoms with Gasteiger partial charge in [0.25, 0.3) is 0 Å². The third-order valence-corrected chi connectivity index (χ3v) is 3.11.